The first-order valence-corrected chi connectivity index (χ1v) is 22.1. The van der Waals surface area contributed by atoms with Crippen LogP contribution in [0, 0.1) is 69.2 Å². The molecule has 0 N–H and O–H groups in total. The second-order valence-electron chi connectivity index (χ2n) is 16.5. The van der Waals surface area contributed by atoms with Crippen LogP contribution in [0.5, 0.6) is 11.5 Å². The van der Waals surface area contributed by atoms with Gasteiger partial charge < -0.3 is 14.4 Å². The van der Waals surface area contributed by atoms with Crippen molar-refractivity contribution in [2.45, 2.75) is 106 Å². The number of aryl methyl sites for hydroxylation is 10. The smallest absolute Gasteiger partial charge is 0.193 e. The second kappa shape index (κ2) is 33.3. The molecule has 0 amide bonds. The summed E-state index contributed by atoms with van der Waals surface area (Å²) in [5.41, 5.74) is 17.4. The fourth-order valence-corrected chi connectivity index (χ4v) is 6.64. The number of hydrogen-bond donors (Lipinski definition) is 0. The molecule has 0 aromatic heterocycles. The molecular formula is C66H87NO3. The number of nitrogens with zero attached hydrogens (tertiary/aromatic N) is 1. The van der Waals surface area contributed by atoms with Crippen LogP contribution in [-0.4, -0.2) is 20.0 Å². The average molecular weight is 942 g/mol. The van der Waals surface area contributed by atoms with Gasteiger partial charge in [-0.1, -0.05) is 221 Å². The van der Waals surface area contributed by atoms with Crippen molar-refractivity contribution in [1.82, 2.24) is 0 Å². The molecule has 0 radical (unpaired) electrons. The lowest BCUT2D eigenvalue weighted by Crippen LogP contribution is -2.09. The number of methoxy groups -OCH3 is 2. The zero-order chi connectivity index (χ0) is 47.3. The minimum atomic E-state index is 0. The number of rotatable bonds is 7. The molecule has 8 aromatic carbocycles. The van der Waals surface area contributed by atoms with Gasteiger partial charge in [0.1, 0.15) is 11.5 Å². The number of benzene rings is 8. The highest BCUT2D eigenvalue weighted by atomic mass is 16.5. The van der Waals surface area contributed by atoms with Crippen LogP contribution in [0.15, 0.2) is 188 Å². The molecule has 374 valence electrons. The molecule has 0 unspecified atom stereocenters. The van der Waals surface area contributed by atoms with E-state index in [4.69, 9.17) is 9.47 Å². The van der Waals surface area contributed by atoms with Crippen LogP contribution < -0.4 is 14.4 Å². The Bertz CT molecular complexity index is 2470. The van der Waals surface area contributed by atoms with Crippen molar-refractivity contribution >= 4 is 22.8 Å². The normalized spacial score (nSPS) is 9.20. The van der Waals surface area contributed by atoms with Crippen LogP contribution in [0.4, 0.5) is 17.1 Å². The second-order valence-corrected chi connectivity index (χ2v) is 16.5. The Morgan fingerprint density at radius 1 is 0.314 bits per heavy atom. The Morgan fingerprint density at radius 3 is 0.857 bits per heavy atom. The molecule has 0 aliphatic heterocycles. The number of para-hydroxylation sites is 1. The lowest BCUT2D eigenvalue weighted by atomic mass is 10.0. The number of anilines is 3. The topological polar surface area (TPSA) is 38.8 Å². The van der Waals surface area contributed by atoms with Crippen LogP contribution in [-0.2, 0) is 0 Å². The molecule has 0 fully saturated rings. The monoisotopic (exact) mass is 942 g/mol. The van der Waals surface area contributed by atoms with E-state index < -0.39 is 0 Å². The fourth-order valence-electron chi connectivity index (χ4n) is 6.64. The van der Waals surface area contributed by atoms with Gasteiger partial charge in [0.25, 0.3) is 0 Å². The van der Waals surface area contributed by atoms with E-state index in [9.17, 15) is 4.79 Å². The standard InChI is InChI=1S/C20H19N.C15H14O.C10H14O2.2C8H10.5CH4/c1-16-8-12-19(13-9-16)21(18-6-4-3-5-7-18)20-14-10-17(2)11-15-20;1-11-3-7-13(8-4-11)15(16)14-9-5-12(2)6-10-14;1-7-5-10(12-4)8(2)6-9(7)11-3;1-7-3-5-8(2)6-4-7;1-7-4-3-5-8(2)6-7;;;;;/h3-15H,1-2H3;3-10H,1-2H3;5-6H,1-4H3;2*3-6H,1-2H3;5*1H4. The highest BCUT2D eigenvalue weighted by molar-refractivity contribution is 6.09. The summed E-state index contributed by atoms with van der Waals surface area (Å²) in [6, 6.07) is 64.0. The Morgan fingerprint density at radius 2 is 0.586 bits per heavy atom. The van der Waals surface area contributed by atoms with Gasteiger partial charge in [-0.05, 0) is 129 Å². The molecule has 0 spiro atoms. The molecule has 0 aliphatic rings. The van der Waals surface area contributed by atoms with Crippen LogP contribution in [0.1, 0.15) is 109 Å². The predicted octanol–water partition coefficient (Wildman–Crippen LogP) is 19.4. The van der Waals surface area contributed by atoms with Crippen molar-refractivity contribution in [2.75, 3.05) is 19.1 Å². The maximum absolute atomic E-state index is 12.1. The Kier molecular flexibility index (Phi) is 30.9. The largest absolute Gasteiger partial charge is 0.496 e. The van der Waals surface area contributed by atoms with E-state index in [0.29, 0.717) is 0 Å². The van der Waals surface area contributed by atoms with Crippen molar-refractivity contribution < 1.29 is 14.3 Å². The van der Waals surface area contributed by atoms with E-state index >= 15 is 0 Å². The third-order valence-corrected chi connectivity index (χ3v) is 10.5. The van der Waals surface area contributed by atoms with Gasteiger partial charge in [0.2, 0.25) is 0 Å². The number of ether oxygens (including phenoxy) is 2. The summed E-state index contributed by atoms with van der Waals surface area (Å²) in [5, 5.41) is 0. The Balaban J connectivity index is 0. The lowest BCUT2D eigenvalue weighted by molar-refractivity contribution is 0.103. The molecule has 4 heteroatoms. The van der Waals surface area contributed by atoms with Gasteiger partial charge in [0.15, 0.2) is 5.78 Å². The number of carbonyl (C=O) groups excluding carboxylic acids is 1. The minimum Gasteiger partial charge on any atom is -0.496 e. The molecule has 0 bridgehead atoms. The summed E-state index contributed by atoms with van der Waals surface area (Å²) >= 11 is 0. The number of ketones is 1. The molecule has 0 aliphatic carbocycles. The number of carbonyl (C=O) groups is 1. The molecule has 4 nitrogen and oxygen atoms in total. The van der Waals surface area contributed by atoms with E-state index in [1.165, 1.54) is 61.6 Å². The van der Waals surface area contributed by atoms with Crippen molar-refractivity contribution in [3.8, 4) is 11.5 Å². The number of hydrogen-bond acceptors (Lipinski definition) is 4. The van der Waals surface area contributed by atoms with Gasteiger partial charge >= 0.3 is 0 Å². The fraction of sp³-hybridized carbons (Fsp3) is 0.258. The minimum absolute atomic E-state index is 0. The van der Waals surface area contributed by atoms with Crippen molar-refractivity contribution in [3.05, 3.63) is 255 Å². The molecule has 8 rings (SSSR count). The van der Waals surface area contributed by atoms with Gasteiger partial charge in [-0.15, -0.1) is 0 Å². The molecule has 8 aromatic rings. The average Bonchev–Trinajstić information content (AvgIpc) is 3.31. The van der Waals surface area contributed by atoms with Gasteiger partial charge in [0, 0.05) is 28.2 Å². The van der Waals surface area contributed by atoms with Crippen molar-refractivity contribution in [1.29, 1.82) is 0 Å². The Labute approximate surface area is 427 Å². The van der Waals surface area contributed by atoms with Gasteiger partial charge in [-0.25, -0.2) is 0 Å². The molecule has 0 heterocycles. The maximum atomic E-state index is 12.1. The molecule has 0 atom stereocenters. The lowest BCUT2D eigenvalue weighted by Gasteiger charge is -2.25. The highest BCUT2D eigenvalue weighted by Crippen LogP contribution is 2.34. The van der Waals surface area contributed by atoms with Crippen LogP contribution in [0.25, 0.3) is 0 Å². The van der Waals surface area contributed by atoms with Crippen LogP contribution in [0.2, 0.25) is 0 Å². The summed E-state index contributed by atoms with van der Waals surface area (Å²) in [6.45, 7) is 20.7. The van der Waals surface area contributed by atoms with E-state index in [0.717, 1.165) is 33.8 Å². The highest BCUT2D eigenvalue weighted by Gasteiger charge is 2.12. The first kappa shape index (κ1) is 64.9. The van der Waals surface area contributed by atoms with E-state index in [1.807, 2.05) is 94.4 Å². The summed E-state index contributed by atoms with van der Waals surface area (Å²) in [4.78, 5) is 14.3. The van der Waals surface area contributed by atoms with Crippen molar-refractivity contribution in [2.24, 2.45) is 0 Å². The third kappa shape index (κ3) is 21.4. The maximum Gasteiger partial charge on any atom is 0.193 e. The summed E-state index contributed by atoms with van der Waals surface area (Å²) in [6.07, 6.45) is 0. The third-order valence-electron chi connectivity index (χ3n) is 10.5. The van der Waals surface area contributed by atoms with Crippen molar-refractivity contribution in [3.63, 3.8) is 0 Å². The molecule has 70 heavy (non-hydrogen) atoms. The Hall–Kier alpha value is -7.17. The van der Waals surface area contributed by atoms with E-state index in [-0.39, 0.29) is 42.9 Å². The molecule has 0 saturated heterocycles. The predicted molar refractivity (Wildman–Crippen MR) is 311 cm³/mol. The quantitative estimate of drug-likeness (QED) is 0.149. The molecular weight excluding hydrogens is 855 g/mol. The zero-order valence-electron chi connectivity index (χ0n) is 40.6. The van der Waals surface area contributed by atoms with E-state index in [2.05, 4.69) is 168 Å². The summed E-state index contributed by atoms with van der Waals surface area (Å²) in [7, 11) is 3.35. The van der Waals surface area contributed by atoms with E-state index in [1.54, 1.807) is 14.2 Å². The first-order chi connectivity index (χ1) is 31.2. The van der Waals surface area contributed by atoms with Crippen LogP contribution in [0.3, 0.4) is 0 Å². The summed E-state index contributed by atoms with van der Waals surface area (Å²) in [5.74, 6) is 1.90. The first-order valence-electron chi connectivity index (χ1n) is 22.1. The van der Waals surface area contributed by atoms with Crippen LogP contribution >= 0.6 is 0 Å². The zero-order valence-corrected chi connectivity index (χ0v) is 40.6. The summed E-state index contributed by atoms with van der Waals surface area (Å²) < 4.78 is 10.3. The SMILES string of the molecule is C.C.C.C.C.COc1cc(C)c(OC)cc1C.Cc1ccc(C(=O)c2ccc(C)cc2)cc1.Cc1ccc(C)cc1.Cc1ccc(N(c2ccccc2)c2ccc(C)cc2)cc1.Cc1cccc(C)c1. The van der Waals surface area contributed by atoms with Gasteiger partial charge in [-0.3, -0.25) is 4.79 Å². The van der Waals surface area contributed by atoms with Gasteiger partial charge in [0.05, 0.1) is 14.2 Å². The molecule has 0 saturated carbocycles. The van der Waals surface area contributed by atoms with Gasteiger partial charge in [-0.2, -0.15) is 0 Å².